The molecular weight excluding hydrogens is 192 g/mol. The third-order valence-corrected chi connectivity index (χ3v) is 2.84. The minimum absolute atomic E-state index is 0.205. The number of carbonyl (C=O) groups is 1. The van der Waals surface area contributed by atoms with E-state index in [-0.39, 0.29) is 5.41 Å². The zero-order valence-corrected chi connectivity index (χ0v) is 9.59. The fourth-order valence-electron chi connectivity index (χ4n) is 1.88. The van der Waals surface area contributed by atoms with Crippen LogP contribution >= 0.6 is 0 Å². The molecule has 0 bridgehead atoms. The van der Waals surface area contributed by atoms with Gasteiger partial charge in [-0.15, -0.1) is 0 Å². The average Bonchev–Trinajstić information content (AvgIpc) is 2.70. The molecule has 2 fully saturated rings. The molecule has 1 aliphatic carbocycles. The summed E-state index contributed by atoms with van der Waals surface area (Å²) in [4.78, 5) is 15.6. The summed E-state index contributed by atoms with van der Waals surface area (Å²) < 4.78 is 5.17. The number of aliphatic imine (C=N–C) groups is 1. The van der Waals surface area contributed by atoms with Crippen molar-refractivity contribution >= 4 is 11.8 Å². The van der Waals surface area contributed by atoms with Gasteiger partial charge in [-0.05, 0) is 33.6 Å². The van der Waals surface area contributed by atoms with E-state index in [0.717, 1.165) is 31.6 Å². The van der Waals surface area contributed by atoms with Crippen LogP contribution in [0.4, 0.5) is 4.79 Å². The fraction of sp³-hybridized carbons (Fsp3) is 0.818. The third-order valence-electron chi connectivity index (χ3n) is 2.84. The van der Waals surface area contributed by atoms with Gasteiger partial charge in [0.1, 0.15) is 5.60 Å². The van der Waals surface area contributed by atoms with Gasteiger partial charge < -0.3 is 10.1 Å². The molecular formula is C11H18N2O2. The molecule has 2 aliphatic rings. The second-order valence-corrected chi connectivity index (χ2v) is 5.42. The normalized spacial score (nSPS) is 25.9. The fourth-order valence-corrected chi connectivity index (χ4v) is 1.88. The Morgan fingerprint density at radius 2 is 2.13 bits per heavy atom. The lowest BCUT2D eigenvalue weighted by molar-refractivity contribution is 0.0603. The number of ether oxygens (including phenoxy) is 1. The van der Waals surface area contributed by atoms with Crippen LogP contribution in [0, 0.1) is 5.41 Å². The quantitative estimate of drug-likeness (QED) is 0.662. The van der Waals surface area contributed by atoms with Gasteiger partial charge in [-0.2, -0.15) is 4.99 Å². The molecule has 1 saturated carbocycles. The molecule has 15 heavy (non-hydrogen) atoms. The van der Waals surface area contributed by atoms with Crippen LogP contribution in [-0.2, 0) is 4.74 Å². The van der Waals surface area contributed by atoms with Crippen LogP contribution in [0.1, 0.15) is 33.6 Å². The van der Waals surface area contributed by atoms with Crippen molar-refractivity contribution in [3.05, 3.63) is 0 Å². The predicted octanol–water partition coefficient (Wildman–Crippen LogP) is 1.75. The number of rotatable bonds is 0. The van der Waals surface area contributed by atoms with E-state index >= 15 is 0 Å². The van der Waals surface area contributed by atoms with Crippen molar-refractivity contribution in [2.75, 3.05) is 13.1 Å². The second kappa shape index (κ2) is 3.30. The van der Waals surface area contributed by atoms with Gasteiger partial charge in [0.2, 0.25) is 0 Å². The highest BCUT2D eigenvalue weighted by Gasteiger charge is 2.50. The first-order valence-corrected chi connectivity index (χ1v) is 5.43. The summed E-state index contributed by atoms with van der Waals surface area (Å²) in [7, 11) is 0. The van der Waals surface area contributed by atoms with Crippen LogP contribution in [-0.4, -0.2) is 30.5 Å². The lowest BCUT2D eigenvalue weighted by Gasteiger charge is -2.17. The summed E-state index contributed by atoms with van der Waals surface area (Å²) in [6, 6.07) is 0. The first-order chi connectivity index (χ1) is 6.91. The Hall–Kier alpha value is -0.900. The molecule has 1 amide bonds. The van der Waals surface area contributed by atoms with Gasteiger partial charge in [0, 0.05) is 24.2 Å². The Morgan fingerprint density at radius 1 is 1.47 bits per heavy atom. The third kappa shape index (κ3) is 2.37. The number of carbonyl (C=O) groups excluding carboxylic acids is 1. The molecule has 1 saturated heterocycles. The number of nitrogens with one attached hydrogen (secondary N) is 1. The number of hydrogen-bond acceptors (Lipinski definition) is 3. The van der Waals surface area contributed by atoms with E-state index in [1.165, 1.54) is 0 Å². The topological polar surface area (TPSA) is 50.7 Å². The maximum Gasteiger partial charge on any atom is 0.434 e. The van der Waals surface area contributed by atoms with Crippen molar-refractivity contribution in [3.63, 3.8) is 0 Å². The molecule has 1 spiro atoms. The molecule has 0 radical (unpaired) electrons. The first-order valence-electron chi connectivity index (χ1n) is 5.43. The highest BCUT2D eigenvalue weighted by atomic mass is 16.6. The Balaban J connectivity index is 2.01. The molecule has 4 nitrogen and oxygen atoms in total. The van der Waals surface area contributed by atoms with Gasteiger partial charge in [0.15, 0.2) is 0 Å². The molecule has 1 aliphatic heterocycles. The summed E-state index contributed by atoms with van der Waals surface area (Å²) in [6.45, 7) is 7.26. The number of nitrogens with zero attached hydrogens (tertiary/aromatic N) is 1. The van der Waals surface area contributed by atoms with Gasteiger partial charge in [-0.1, -0.05) is 0 Å². The number of hydrogen-bond donors (Lipinski definition) is 1. The van der Waals surface area contributed by atoms with Crippen LogP contribution in [0.2, 0.25) is 0 Å². The van der Waals surface area contributed by atoms with Crippen molar-refractivity contribution in [1.82, 2.24) is 5.32 Å². The minimum Gasteiger partial charge on any atom is -0.442 e. The molecule has 0 aromatic heterocycles. The standard InChI is InChI=1S/C11H18N2O2/c1-10(2,3)15-9(14)13-8-6-12-7-11(8)4-5-11/h12H,4-7H2,1-3H3. The Bertz CT molecular complexity index is 311. The van der Waals surface area contributed by atoms with Crippen molar-refractivity contribution < 1.29 is 9.53 Å². The van der Waals surface area contributed by atoms with E-state index in [1.807, 2.05) is 20.8 Å². The smallest absolute Gasteiger partial charge is 0.434 e. The SMILES string of the molecule is CC(C)(C)OC(=O)N=C1CNCC12CC2. The maximum atomic E-state index is 11.5. The maximum absolute atomic E-state index is 11.5. The molecule has 0 atom stereocenters. The molecule has 1 N–H and O–H groups in total. The van der Waals surface area contributed by atoms with Crippen molar-refractivity contribution in [3.8, 4) is 0 Å². The van der Waals surface area contributed by atoms with Crippen LogP contribution in [0.3, 0.4) is 0 Å². The molecule has 0 aromatic rings. The van der Waals surface area contributed by atoms with Crippen LogP contribution < -0.4 is 5.32 Å². The Kier molecular flexibility index (Phi) is 2.34. The van der Waals surface area contributed by atoms with E-state index in [0.29, 0.717) is 0 Å². The minimum atomic E-state index is -0.454. The van der Waals surface area contributed by atoms with E-state index in [9.17, 15) is 4.79 Å². The van der Waals surface area contributed by atoms with Gasteiger partial charge >= 0.3 is 6.09 Å². The van der Waals surface area contributed by atoms with Crippen molar-refractivity contribution in [2.24, 2.45) is 10.4 Å². The molecule has 0 aromatic carbocycles. The zero-order chi connectivity index (χ0) is 11.1. The lowest BCUT2D eigenvalue weighted by Crippen LogP contribution is -2.24. The summed E-state index contributed by atoms with van der Waals surface area (Å²) in [5.41, 5.74) is 0.734. The highest BCUT2D eigenvalue weighted by molar-refractivity contribution is 6.01. The molecule has 84 valence electrons. The van der Waals surface area contributed by atoms with E-state index in [1.54, 1.807) is 0 Å². The largest absolute Gasteiger partial charge is 0.442 e. The summed E-state index contributed by atoms with van der Waals surface area (Å²) in [5.74, 6) is 0. The van der Waals surface area contributed by atoms with Crippen LogP contribution in [0.25, 0.3) is 0 Å². The molecule has 0 unspecified atom stereocenters. The van der Waals surface area contributed by atoms with E-state index in [2.05, 4.69) is 10.3 Å². The molecule has 4 heteroatoms. The van der Waals surface area contributed by atoms with Gasteiger partial charge in [0.25, 0.3) is 0 Å². The van der Waals surface area contributed by atoms with Crippen LogP contribution in [0.15, 0.2) is 4.99 Å². The summed E-state index contributed by atoms with van der Waals surface area (Å²) in [6.07, 6.45) is 1.86. The van der Waals surface area contributed by atoms with Crippen molar-refractivity contribution in [2.45, 2.75) is 39.2 Å². The second-order valence-electron chi connectivity index (χ2n) is 5.42. The first kappa shape index (κ1) is 10.6. The monoisotopic (exact) mass is 210 g/mol. The Morgan fingerprint density at radius 3 is 2.67 bits per heavy atom. The summed E-state index contributed by atoms with van der Waals surface area (Å²) >= 11 is 0. The van der Waals surface area contributed by atoms with Crippen molar-refractivity contribution in [1.29, 1.82) is 0 Å². The molecule has 2 rings (SSSR count). The lowest BCUT2D eigenvalue weighted by atomic mass is 10.1. The number of amides is 1. The zero-order valence-electron chi connectivity index (χ0n) is 9.59. The van der Waals surface area contributed by atoms with Gasteiger partial charge in [-0.25, -0.2) is 4.79 Å². The van der Waals surface area contributed by atoms with Gasteiger partial charge in [-0.3, -0.25) is 0 Å². The Labute approximate surface area is 90.1 Å². The highest BCUT2D eigenvalue weighted by Crippen LogP contribution is 2.48. The summed E-state index contributed by atoms with van der Waals surface area (Å²) in [5, 5.41) is 3.25. The predicted molar refractivity (Wildman–Crippen MR) is 58.2 cm³/mol. The van der Waals surface area contributed by atoms with E-state index < -0.39 is 11.7 Å². The van der Waals surface area contributed by atoms with Gasteiger partial charge in [0.05, 0.1) is 0 Å². The van der Waals surface area contributed by atoms with E-state index in [4.69, 9.17) is 4.74 Å². The average molecular weight is 210 g/mol. The van der Waals surface area contributed by atoms with Crippen LogP contribution in [0.5, 0.6) is 0 Å². The molecule has 1 heterocycles.